The van der Waals surface area contributed by atoms with Crippen LogP contribution in [0.1, 0.15) is 20.3 Å². The number of rotatable bonds is 8. The number of pyridine rings is 1. The molecule has 1 heterocycles. The summed E-state index contributed by atoms with van der Waals surface area (Å²) >= 11 is 6.13. The van der Waals surface area contributed by atoms with E-state index in [1.807, 2.05) is 26.0 Å². The van der Waals surface area contributed by atoms with E-state index >= 15 is 0 Å². The Balaban J connectivity index is 1.82. The van der Waals surface area contributed by atoms with Crippen LogP contribution >= 0.6 is 11.6 Å². The fourth-order valence-electron chi connectivity index (χ4n) is 2.04. The van der Waals surface area contributed by atoms with Crippen LogP contribution in [0.25, 0.3) is 10.9 Å². The highest BCUT2D eigenvalue weighted by Crippen LogP contribution is 2.29. The van der Waals surface area contributed by atoms with Crippen LogP contribution in [0.5, 0.6) is 5.75 Å². The van der Waals surface area contributed by atoms with Gasteiger partial charge in [0.25, 0.3) is 5.91 Å². The van der Waals surface area contributed by atoms with Crippen molar-refractivity contribution in [1.29, 1.82) is 0 Å². The summed E-state index contributed by atoms with van der Waals surface area (Å²) in [5.74, 6) is 0.372. The number of nitrogens with zero attached hydrogens (tertiary/aromatic N) is 1. The van der Waals surface area contributed by atoms with Crippen molar-refractivity contribution < 1.29 is 14.3 Å². The molecule has 0 unspecified atom stereocenters. The maximum absolute atomic E-state index is 11.8. The molecule has 1 aromatic carbocycles. The molecule has 6 heteroatoms. The summed E-state index contributed by atoms with van der Waals surface area (Å²) in [5.41, 5.74) is 0.651. The van der Waals surface area contributed by atoms with Gasteiger partial charge in [-0.2, -0.15) is 0 Å². The number of amides is 1. The number of hydrogen-bond acceptors (Lipinski definition) is 4. The third-order valence-electron chi connectivity index (χ3n) is 3.13. The summed E-state index contributed by atoms with van der Waals surface area (Å²) in [6.07, 6.45) is 2.65. The molecule has 0 saturated heterocycles. The Kier molecular flexibility index (Phi) is 6.62. The van der Waals surface area contributed by atoms with Gasteiger partial charge in [-0.25, -0.2) is 0 Å². The lowest BCUT2D eigenvalue weighted by atomic mass is 10.2. The summed E-state index contributed by atoms with van der Waals surface area (Å²) in [6.45, 7) is 5.10. The molecule has 0 aliphatic heterocycles. The molecule has 0 aliphatic carbocycles. The van der Waals surface area contributed by atoms with Crippen molar-refractivity contribution in [2.45, 2.75) is 26.4 Å². The molecule has 0 spiro atoms. The van der Waals surface area contributed by atoms with Crippen LogP contribution in [-0.2, 0) is 9.53 Å². The molecule has 1 N–H and O–H groups in total. The smallest absolute Gasteiger partial charge is 0.257 e. The van der Waals surface area contributed by atoms with E-state index in [4.69, 9.17) is 21.1 Å². The number of ether oxygens (including phenoxy) is 2. The summed E-state index contributed by atoms with van der Waals surface area (Å²) in [7, 11) is 0. The van der Waals surface area contributed by atoms with Crippen LogP contribution in [0.2, 0.25) is 5.02 Å². The maximum Gasteiger partial charge on any atom is 0.257 e. The molecule has 2 aromatic rings. The topological polar surface area (TPSA) is 60.5 Å². The molecule has 1 amide bonds. The molecule has 23 heavy (non-hydrogen) atoms. The highest BCUT2D eigenvalue weighted by molar-refractivity contribution is 6.35. The Labute approximate surface area is 140 Å². The van der Waals surface area contributed by atoms with Gasteiger partial charge in [0.2, 0.25) is 0 Å². The zero-order valence-electron chi connectivity index (χ0n) is 13.3. The van der Waals surface area contributed by atoms with Gasteiger partial charge in [-0.3, -0.25) is 9.78 Å². The van der Waals surface area contributed by atoms with E-state index in [1.54, 1.807) is 18.3 Å². The molecule has 0 aliphatic rings. The minimum Gasteiger partial charge on any atom is -0.481 e. The number of hydrogen-bond donors (Lipinski definition) is 1. The van der Waals surface area contributed by atoms with Gasteiger partial charge < -0.3 is 14.8 Å². The summed E-state index contributed by atoms with van der Waals surface area (Å²) < 4.78 is 11.0. The highest BCUT2D eigenvalue weighted by Gasteiger charge is 2.08. The van der Waals surface area contributed by atoms with Crippen molar-refractivity contribution in [2.24, 2.45) is 0 Å². The Morgan fingerprint density at radius 2 is 2.17 bits per heavy atom. The zero-order valence-corrected chi connectivity index (χ0v) is 14.1. The normalized spacial score (nSPS) is 11.0. The third-order valence-corrected chi connectivity index (χ3v) is 3.46. The van der Waals surface area contributed by atoms with Crippen molar-refractivity contribution in [3.8, 4) is 5.75 Å². The molecular weight excluding hydrogens is 316 g/mol. The molecule has 124 valence electrons. The molecule has 1 aromatic heterocycles. The largest absolute Gasteiger partial charge is 0.481 e. The first kappa shape index (κ1) is 17.5. The molecule has 2 rings (SSSR count). The average molecular weight is 337 g/mol. The standard InChI is InChI=1S/C17H21ClN2O3/c1-12(2)22-10-4-9-19-16(21)11-23-15-7-6-14(18)13-5-3-8-20-17(13)15/h3,5-8,12H,4,9-11H2,1-2H3,(H,19,21). The summed E-state index contributed by atoms with van der Waals surface area (Å²) in [5, 5.41) is 4.21. The van der Waals surface area contributed by atoms with Gasteiger partial charge in [0, 0.05) is 24.7 Å². The van der Waals surface area contributed by atoms with Crippen molar-refractivity contribution in [2.75, 3.05) is 19.8 Å². The minimum absolute atomic E-state index is 0.0572. The first-order valence-corrected chi connectivity index (χ1v) is 8.00. The number of benzene rings is 1. The maximum atomic E-state index is 11.8. The van der Waals surface area contributed by atoms with Gasteiger partial charge in [0.05, 0.1) is 11.1 Å². The Morgan fingerprint density at radius 3 is 2.96 bits per heavy atom. The molecule has 0 atom stereocenters. The number of carbonyl (C=O) groups is 1. The van der Waals surface area contributed by atoms with Crippen LogP contribution in [-0.4, -0.2) is 36.8 Å². The van der Waals surface area contributed by atoms with Crippen molar-refractivity contribution in [1.82, 2.24) is 10.3 Å². The first-order chi connectivity index (χ1) is 11.1. The lowest BCUT2D eigenvalue weighted by molar-refractivity contribution is -0.123. The monoisotopic (exact) mass is 336 g/mol. The van der Waals surface area contributed by atoms with E-state index in [1.165, 1.54) is 0 Å². The van der Waals surface area contributed by atoms with E-state index < -0.39 is 0 Å². The first-order valence-electron chi connectivity index (χ1n) is 7.62. The fraction of sp³-hybridized carbons (Fsp3) is 0.412. The minimum atomic E-state index is -0.173. The van der Waals surface area contributed by atoms with Gasteiger partial charge in [-0.15, -0.1) is 0 Å². The van der Waals surface area contributed by atoms with E-state index in [9.17, 15) is 4.79 Å². The van der Waals surface area contributed by atoms with Crippen LogP contribution in [0.15, 0.2) is 30.5 Å². The lowest BCUT2D eigenvalue weighted by Gasteiger charge is -2.10. The second-order valence-electron chi connectivity index (χ2n) is 5.36. The van der Waals surface area contributed by atoms with Crippen LogP contribution in [0.4, 0.5) is 0 Å². The summed E-state index contributed by atoms with van der Waals surface area (Å²) in [4.78, 5) is 16.1. The predicted molar refractivity (Wildman–Crippen MR) is 91.0 cm³/mol. The Bertz CT molecular complexity index is 661. The molecule has 5 nitrogen and oxygen atoms in total. The molecular formula is C17H21ClN2O3. The lowest BCUT2D eigenvalue weighted by Crippen LogP contribution is -2.30. The SMILES string of the molecule is CC(C)OCCCNC(=O)COc1ccc(Cl)c2cccnc12. The fourth-order valence-corrected chi connectivity index (χ4v) is 2.26. The van der Waals surface area contributed by atoms with Crippen LogP contribution < -0.4 is 10.1 Å². The van der Waals surface area contributed by atoms with Crippen molar-refractivity contribution in [3.05, 3.63) is 35.5 Å². The summed E-state index contributed by atoms with van der Waals surface area (Å²) in [6, 6.07) is 7.14. The number of nitrogens with one attached hydrogen (secondary N) is 1. The third kappa shape index (κ3) is 5.37. The van der Waals surface area contributed by atoms with Gasteiger partial charge in [-0.1, -0.05) is 11.6 Å². The van der Waals surface area contributed by atoms with E-state index in [0.29, 0.717) is 29.4 Å². The van der Waals surface area contributed by atoms with Crippen molar-refractivity contribution in [3.63, 3.8) is 0 Å². The van der Waals surface area contributed by atoms with Gasteiger partial charge in [-0.05, 0) is 44.5 Å². The van der Waals surface area contributed by atoms with Gasteiger partial charge >= 0.3 is 0 Å². The highest BCUT2D eigenvalue weighted by atomic mass is 35.5. The molecule has 0 radical (unpaired) electrons. The number of aromatic nitrogens is 1. The second-order valence-corrected chi connectivity index (χ2v) is 5.76. The molecule has 0 fully saturated rings. The number of carbonyl (C=O) groups excluding carboxylic acids is 1. The predicted octanol–water partition coefficient (Wildman–Crippen LogP) is 3.20. The molecule has 0 saturated carbocycles. The van der Waals surface area contributed by atoms with Crippen molar-refractivity contribution >= 4 is 28.4 Å². The van der Waals surface area contributed by atoms with E-state index in [-0.39, 0.29) is 18.6 Å². The van der Waals surface area contributed by atoms with E-state index in [2.05, 4.69) is 10.3 Å². The average Bonchev–Trinajstić information content (AvgIpc) is 2.54. The zero-order chi connectivity index (χ0) is 16.7. The van der Waals surface area contributed by atoms with Gasteiger partial charge in [0.15, 0.2) is 6.61 Å². The number of halogens is 1. The second kappa shape index (κ2) is 8.70. The Morgan fingerprint density at radius 1 is 1.35 bits per heavy atom. The van der Waals surface area contributed by atoms with Gasteiger partial charge in [0.1, 0.15) is 11.3 Å². The number of fused-ring (bicyclic) bond motifs is 1. The van der Waals surface area contributed by atoms with Crippen LogP contribution in [0.3, 0.4) is 0 Å². The molecule has 0 bridgehead atoms. The van der Waals surface area contributed by atoms with Crippen LogP contribution in [0, 0.1) is 0 Å². The Hall–Kier alpha value is -1.85. The van der Waals surface area contributed by atoms with E-state index in [0.717, 1.165) is 11.8 Å². The quantitative estimate of drug-likeness (QED) is 0.752.